The van der Waals surface area contributed by atoms with Gasteiger partial charge in [0.05, 0.1) is 5.75 Å². The van der Waals surface area contributed by atoms with Gasteiger partial charge in [-0.15, -0.1) is 0 Å². The Bertz CT molecular complexity index is 515. The van der Waals surface area contributed by atoms with Crippen molar-refractivity contribution in [2.75, 3.05) is 25.4 Å². The highest BCUT2D eigenvalue weighted by Crippen LogP contribution is 2.18. The molecular weight excluding hydrogens is 286 g/mol. The molecule has 0 saturated heterocycles. The number of aromatic nitrogens is 1. The second-order valence-corrected chi connectivity index (χ2v) is 8.18. The molecule has 0 aliphatic carbocycles. The Morgan fingerprint density at radius 1 is 1.33 bits per heavy atom. The number of rotatable bonds is 9. The molecule has 1 aromatic heterocycles. The Morgan fingerprint density at radius 2 is 2.05 bits per heavy atom. The minimum Gasteiger partial charge on any atom is -0.330 e. The van der Waals surface area contributed by atoms with Gasteiger partial charge in [0.2, 0.25) is 10.0 Å². The van der Waals surface area contributed by atoms with Crippen LogP contribution in [0.2, 0.25) is 0 Å². The topological polar surface area (TPSA) is 76.3 Å². The first-order valence-electron chi connectivity index (χ1n) is 7.38. The van der Waals surface area contributed by atoms with Crippen LogP contribution < -0.4 is 5.73 Å². The first-order chi connectivity index (χ1) is 9.80. The van der Waals surface area contributed by atoms with Gasteiger partial charge in [-0.3, -0.25) is 4.98 Å². The normalized spacial score (nSPS) is 12.8. The maximum Gasteiger partial charge on any atom is 0.214 e. The van der Waals surface area contributed by atoms with Gasteiger partial charge in [0, 0.05) is 31.4 Å². The summed E-state index contributed by atoms with van der Waals surface area (Å²) in [6.45, 7) is 7.42. The summed E-state index contributed by atoms with van der Waals surface area (Å²) in [4.78, 5) is 4.17. The van der Waals surface area contributed by atoms with Crippen molar-refractivity contribution in [3.8, 4) is 0 Å². The van der Waals surface area contributed by atoms with Crippen molar-refractivity contribution in [2.45, 2.75) is 33.6 Å². The number of nitrogens with two attached hydrogens (primary N) is 1. The molecule has 5 nitrogen and oxygen atoms in total. The Balaban J connectivity index is 2.75. The number of pyridine rings is 1. The summed E-state index contributed by atoms with van der Waals surface area (Å²) < 4.78 is 26.7. The van der Waals surface area contributed by atoms with Crippen LogP contribution in [-0.4, -0.2) is 43.1 Å². The Labute approximate surface area is 128 Å². The van der Waals surface area contributed by atoms with Crippen molar-refractivity contribution < 1.29 is 8.42 Å². The maximum absolute atomic E-state index is 12.5. The lowest BCUT2D eigenvalue weighted by atomic mass is 9.94. The largest absolute Gasteiger partial charge is 0.330 e. The average Bonchev–Trinajstić information content (AvgIpc) is 2.46. The number of aryl methyl sites for hydroxylation is 1. The molecule has 6 heteroatoms. The zero-order chi connectivity index (χ0) is 15.9. The summed E-state index contributed by atoms with van der Waals surface area (Å²) in [5.41, 5.74) is 6.31. The first-order valence-corrected chi connectivity index (χ1v) is 8.99. The van der Waals surface area contributed by atoms with Gasteiger partial charge in [-0.2, -0.15) is 0 Å². The van der Waals surface area contributed by atoms with Gasteiger partial charge in [0.15, 0.2) is 0 Å². The second kappa shape index (κ2) is 7.87. The fraction of sp³-hybridized carbons (Fsp3) is 0.667. The van der Waals surface area contributed by atoms with Crippen LogP contribution in [0.1, 0.15) is 32.9 Å². The molecule has 21 heavy (non-hydrogen) atoms. The van der Waals surface area contributed by atoms with Crippen LogP contribution in [0.15, 0.2) is 24.4 Å². The molecule has 120 valence electrons. The fourth-order valence-electron chi connectivity index (χ4n) is 2.02. The third-order valence-electron chi connectivity index (χ3n) is 3.37. The standard InChI is InChI=1S/C15H27N3O2S/c1-4-10-18(13-15(2,3)12-16)21(19,20)11-8-14-7-5-6-9-17-14/h5-7,9H,4,8,10-13,16H2,1-3H3. The minimum atomic E-state index is -3.29. The highest BCUT2D eigenvalue weighted by atomic mass is 32.2. The minimum absolute atomic E-state index is 0.0880. The molecule has 0 aliphatic rings. The predicted molar refractivity (Wildman–Crippen MR) is 86.4 cm³/mol. The molecule has 0 unspecified atom stereocenters. The van der Waals surface area contributed by atoms with E-state index in [1.807, 2.05) is 39.0 Å². The lowest BCUT2D eigenvalue weighted by Crippen LogP contribution is -2.43. The van der Waals surface area contributed by atoms with E-state index in [9.17, 15) is 8.42 Å². The highest BCUT2D eigenvalue weighted by molar-refractivity contribution is 7.89. The van der Waals surface area contributed by atoms with E-state index >= 15 is 0 Å². The molecule has 0 aromatic carbocycles. The van der Waals surface area contributed by atoms with Crippen LogP contribution in [0.25, 0.3) is 0 Å². The van der Waals surface area contributed by atoms with Crippen LogP contribution in [0, 0.1) is 5.41 Å². The van der Waals surface area contributed by atoms with E-state index in [2.05, 4.69) is 4.98 Å². The van der Waals surface area contributed by atoms with Crippen LogP contribution >= 0.6 is 0 Å². The predicted octanol–water partition coefficient (Wildman–Crippen LogP) is 1.65. The van der Waals surface area contributed by atoms with Crippen LogP contribution in [0.4, 0.5) is 0 Å². The van der Waals surface area contributed by atoms with Crippen molar-refractivity contribution in [3.63, 3.8) is 0 Å². The molecule has 2 N–H and O–H groups in total. The third kappa shape index (κ3) is 6.11. The SMILES string of the molecule is CCCN(CC(C)(C)CN)S(=O)(=O)CCc1ccccn1. The Morgan fingerprint density at radius 3 is 2.57 bits per heavy atom. The Kier molecular flexibility index (Phi) is 6.77. The molecule has 1 heterocycles. The second-order valence-electron chi connectivity index (χ2n) is 6.09. The van der Waals surface area contributed by atoms with Gasteiger partial charge in [-0.1, -0.05) is 26.8 Å². The van der Waals surface area contributed by atoms with Gasteiger partial charge in [0.1, 0.15) is 0 Å². The number of sulfonamides is 1. The summed E-state index contributed by atoms with van der Waals surface area (Å²) in [7, 11) is -3.29. The summed E-state index contributed by atoms with van der Waals surface area (Å²) in [5.74, 6) is 0.0880. The first kappa shape index (κ1) is 18.1. The molecule has 0 radical (unpaired) electrons. The quantitative estimate of drug-likeness (QED) is 0.752. The van der Waals surface area contributed by atoms with Crippen molar-refractivity contribution in [3.05, 3.63) is 30.1 Å². The zero-order valence-corrected chi connectivity index (χ0v) is 14.1. The summed E-state index contributed by atoms with van der Waals surface area (Å²) in [5, 5.41) is 0. The van der Waals surface area contributed by atoms with Crippen LogP contribution in [0.5, 0.6) is 0 Å². The van der Waals surface area contributed by atoms with Gasteiger partial charge in [0.25, 0.3) is 0 Å². The highest BCUT2D eigenvalue weighted by Gasteiger charge is 2.28. The van der Waals surface area contributed by atoms with Gasteiger partial charge < -0.3 is 5.73 Å². The molecule has 0 bridgehead atoms. The van der Waals surface area contributed by atoms with Gasteiger partial charge in [-0.25, -0.2) is 12.7 Å². The summed E-state index contributed by atoms with van der Waals surface area (Å²) in [6, 6.07) is 5.55. The van der Waals surface area contributed by atoms with E-state index in [1.165, 1.54) is 0 Å². The Hall–Kier alpha value is -0.980. The molecule has 1 rings (SSSR count). The van der Waals surface area contributed by atoms with Gasteiger partial charge in [-0.05, 0) is 30.5 Å². The fourth-order valence-corrected chi connectivity index (χ4v) is 3.75. The monoisotopic (exact) mass is 313 g/mol. The van der Waals surface area contributed by atoms with E-state index in [0.29, 0.717) is 26.1 Å². The maximum atomic E-state index is 12.5. The molecule has 0 spiro atoms. The number of hydrogen-bond donors (Lipinski definition) is 1. The molecule has 1 aromatic rings. The lowest BCUT2D eigenvalue weighted by Gasteiger charge is -2.31. The molecule has 0 amide bonds. The average molecular weight is 313 g/mol. The van der Waals surface area contributed by atoms with Crippen molar-refractivity contribution in [1.82, 2.24) is 9.29 Å². The van der Waals surface area contributed by atoms with E-state index < -0.39 is 10.0 Å². The van der Waals surface area contributed by atoms with Crippen LogP contribution in [0.3, 0.4) is 0 Å². The van der Waals surface area contributed by atoms with Crippen molar-refractivity contribution in [2.24, 2.45) is 11.1 Å². The van der Waals surface area contributed by atoms with Gasteiger partial charge >= 0.3 is 0 Å². The molecule has 0 saturated carbocycles. The zero-order valence-electron chi connectivity index (χ0n) is 13.2. The lowest BCUT2D eigenvalue weighted by molar-refractivity contribution is 0.266. The molecule has 0 atom stereocenters. The number of hydrogen-bond acceptors (Lipinski definition) is 4. The smallest absolute Gasteiger partial charge is 0.214 e. The third-order valence-corrected chi connectivity index (χ3v) is 5.18. The molecule has 0 aliphatic heterocycles. The molecule has 0 fully saturated rings. The summed E-state index contributed by atoms with van der Waals surface area (Å²) >= 11 is 0. The van der Waals surface area contributed by atoms with Crippen molar-refractivity contribution in [1.29, 1.82) is 0 Å². The van der Waals surface area contributed by atoms with Crippen molar-refractivity contribution >= 4 is 10.0 Å². The van der Waals surface area contributed by atoms with E-state index in [-0.39, 0.29) is 11.2 Å². The molecular formula is C15H27N3O2S. The van der Waals surface area contributed by atoms with Crippen LogP contribution in [-0.2, 0) is 16.4 Å². The van der Waals surface area contributed by atoms with E-state index in [0.717, 1.165) is 12.1 Å². The van der Waals surface area contributed by atoms with E-state index in [1.54, 1.807) is 10.5 Å². The van der Waals surface area contributed by atoms with E-state index in [4.69, 9.17) is 5.73 Å². The number of nitrogens with zero attached hydrogens (tertiary/aromatic N) is 2. The summed E-state index contributed by atoms with van der Waals surface area (Å²) in [6.07, 6.45) is 2.92.